The molecule has 0 aromatic heterocycles. The summed E-state index contributed by atoms with van der Waals surface area (Å²) in [7, 11) is 0. The maximum atomic E-state index is 11.8. The molecular weight excluding hydrogens is 366 g/mol. The van der Waals surface area contributed by atoms with Crippen molar-refractivity contribution in [2.45, 2.75) is 0 Å². The van der Waals surface area contributed by atoms with Gasteiger partial charge in [0.2, 0.25) is 0 Å². The lowest BCUT2D eigenvalue weighted by molar-refractivity contribution is 0.0956. The summed E-state index contributed by atoms with van der Waals surface area (Å²) in [5, 5.41) is 2.84. The van der Waals surface area contributed by atoms with Gasteiger partial charge in [-0.05, 0) is 18.2 Å². The highest BCUT2D eigenvalue weighted by molar-refractivity contribution is 9.11. The van der Waals surface area contributed by atoms with Gasteiger partial charge in [-0.2, -0.15) is 0 Å². The van der Waals surface area contributed by atoms with E-state index in [1.165, 1.54) is 0 Å². The van der Waals surface area contributed by atoms with Gasteiger partial charge in [0.1, 0.15) is 0 Å². The minimum absolute atomic E-state index is 0.0756. The Morgan fingerprint density at radius 3 is 2.59 bits per heavy atom. The van der Waals surface area contributed by atoms with E-state index in [-0.39, 0.29) is 5.91 Å². The molecule has 1 rings (SSSR count). The topological polar surface area (TPSA) is 29.1 Å². The molecule has 1 aromatic carbocycles. The van der Waals surface area contributed by atoms with Gasteiger partial charge in [-0.15, -0.1) is 18.2 Å². The monoisotopic (exact) mass is 375 g/mol. The molecule has 0 saturated carbocycles. The molecule has 0 aliphatic rings. The Bertz CT molecular complexity index is 422. The zero-order valence-corrected chi connectivity index (χ0v) is 13.0. The SMILES string of the molecule is C#CCSCCNC(=O)c1cc(Br)cc(Br)c1. The highest BCUT2D eigenvalue weighted by Crippen LogP contribution is 2.19. The first-order valence-electron chi connectivity index (χ1n) is 4.89. The molecule has 0 aliphatic heterocycles. The highest BCUT2D eigenvalue weighted by Gasteiger charge is 2.06. The zero-order chi connectivity index (χ0) is 12.7. The number of nitrogens with one attached hydrogen (secondary N) is 1. The average Bonchev–Trinajstić information content (AvgIpc) is 2.27. The number of rotatable bonds is 5. The van der Waals surface area contributed by atoms with Crippen LogP contribution in [-0.4, -0.2) is 24.0 Å². The number of carbonyl (C=O) groups excluding carboxylic acids is 1. The summed E-state index contributed by atoms with van der Waals surface area (Å²) in [6.45, 7) is 0.620. The van der Waals surface area contributed by atoms with Crippen molar-refractivity contribution in [3.63, 3.8) is 0 Å². The second kappa shape index (κ2) is 7.80. The molecule has 0 aliphatic carbocycles. The predicted molar refractivity (Wildman–Crippen MR) is 80.3 cm³/mol. The summed E-state index contributed by atoms with van der Waals surface area (Å²) in [6, 6.07) is 5.46. The molecule has 0 atom stereocenters. The van der Waals surface area contributed by atoms with Crippen LogP contribution in [0.4, 0.5) is 0 Å². The molecule has 90 valence electrons. The van der Waals surface area contributed by atoms with Gasteiger partial charge in [0.15, 0.2) is 0 Å². The third-order valence-electron chi connectivity index (χ3n) is 1.84. The Kier molecular flexibility index (Phi) is 6.71. The number of halogens is 2. The second-order valence-corrected chi connectivity index (χ2v) is 6.11. The number of benzene rings is 1. The van der Waals surface area contributed by atoms with Crippen molar-refractivity contribution in [1.29, 1.82) is 0 Å². The van der Waals surface area contributed by atoms with E-state index in [1.807, 2.05) is 6.07 Å². The molecule has 5 heteroatoms. The third kappa shape index (κ3) is 5.62. The van der Waals surface area contributed by atoms with E-state index < -0.39 is 0 Å². The Hall–Kier alpha value is -0.440. The van der Waals surface area contributed by atoms with Crippen molar-refractivity contribution in [3.8, 4) is 12.3 Å². The van der Waals surface area contributed by atoms with Crippen molar-refractivity contribution < 1.29 is 4.79 Å². The standard InChI is InChI=1S/C12H11Br2NOS/c1-2-4-17-5-3-15-12(16)9-6-10(13)8-11(14)7-9/h1,6-8H,3-5H2,(H,15,16). The molecule has 0 fully saturated rings. The van der Waals surface area contributed by atoms with Crippen molar-refractivity contribution in [2.24, 2.45) is 0 Å². The van der Waals surface area contributed by atoms with E-state index in [0.29, 0.717) is 17.9 Å². The number of hydrogen-bond acceptors (Lipinski definition) is 2. The largest absolute Gasteiger partial charge is 0.351 e. The van der Waals surface area contributed by atoms with Crippen molar-refractivity contribution in [3.05, 3.63) is 32.7 Å². The van der Waals surface area contributed by atoms with E-state index in [9.17, 15) is 4.79 Å². The van der Waals surface area contributed by atoms with Gasteiger partial charge in [0.05, 0.1) is 5.75 Å². The molecule has 17 heavy (non-hydrogen) atoms. The minimum Gasteiger partial charge on any atom is -0.351 e. The maximum absolute atomic E-state index is 11.8. The van der Waals surface area contributed by atoms with Gasteiger partial charge < -0.3 is 5.32 Å². The van der Waals surface area contributed by atoms with Crippen LogP contribution in [0.2, 0.25) is 0 Å². The summed E-state index contributed by atoms with van der Waals surface area (Å²) in [4.78, 5) is 11.8. The third-order valence-corrected chi connectivity index (χ3v) is 3.62. The molecule has 1 amide bonds. The Labute approximate surface area is 122 Å². The van der Waals surface area contributed by atoms with Crippen LogP contribution >= 0.6 is 43.6 Å². The van der Waals surface area contributed by atoms with E-state index in [0.717, 1.165) is 14.7 Å². The van der Waals surface area contributed by atoms with Crippen molar-refractivity contribution >= 4 is 49.5 Å². The lowest BCUT2D eigenvalue weighted by atomic mass is 10.2. The van der Waals surface area contributed by atoms with Gasteiger partial charge in [0.25, 0.3) is 5.91 Å². The molecule has 0 saturated heterocycles. The molecule has 0 bridgehead atoms. The Balaban J connectivity index is 2.44. The number of terminal acetylenes is 1. The van der Waals surface area contributed by atoms with E-state index in [2.05, 4.69) is 43.1 Å². The van der Waals surface area contributed by atoms with Crippen LogP contribution in [0.3, 0.4) is 0 Å². The molecule has 0 unspecified atom stereocenters. The van der Waals surface area contributed by atoms with Crippen LogP contribution in [0.1, 0.15) is 10.4 Å². The van der Waals surface area contributed by atoms with Gasteiger partial charge in [-0.1, -0.05) is 37.8 Å². The average molecular weight is 377 g/mol. The van der Waals surface area contributed by atoms with E-state index in [4.69, 9.17) is 6.42 Å². The van der Waals surface area contributed by atoms with E-state index in [1.54, 1.807) is 23.9 Å². The molecule has 1 aromatic rings. The summed E-state index contributed by atoms with van der Waals surface area (Å²) in [5.74, 6) is 3.97. The molecule has 2 nitrogen and oxygen atoms in total. The van der Waals surface area contributed by atoms with Gasteiger partial charge in [-0.25, -0.2) is 0 Å². The number of hydrogen-bond donors (Lipinski definition) is 1. The number of amides is 1. The zero-order valence-electron chi connectivity index (χ0n) is 9.00. The van der Waals surface area contributed by atoms with Crippen LogP contribution in [0.15, 0.2) is 27.1 Å². The summed E-state index contributed by atoms with van der Waals surface area (Å²) < 4.78 is 1.75. The fourth-order valence-corrected chi connectivity index (χ4v) is 2.96. The summed E-state index contributed by atoms with van der Waals surface area (Å²) in [5.41, 5.74) is 0.633. The Morgan fingerprint density at radius 2 is 2.00 bits per heavy atom. The smallest absolute Gasteiger partial charge is 0.251 e. The van der Waals surface area contributed by atoms with E-state index >= 15 is 0 Å². The normalized spacial score (nSPS) is 9.71. The van der Waals surface area contributed by atoms with Gasteiger partial charge >= 0.3 is 0 Å². The van der Waals surface area contributed by atoms with Gasteiger partial charge in [-0.3, -0.25) is 4.79 Å². The van der Waals surface area contributed by atoms with Crippen LogP contribution in [0, 0.1) is 12.3 Å². The predicted octanol–water partition coefficient (Wildman–Crippen LogP) is 3.31. The summed E-state index contributed by atoms with van der Waals surface area (Å²) in [6.07, 6.45) is 5.13. The van der Waals surface area contributed by atoms with Crippen molar-refractivity contribution in [1.82, 2.24) is 5.32 Å². The first-order valence-corrected chi connectivity index (χ1v) is 7.63. The lowest BCUT2D eigenvalue weighted by Gasteiger charge is -2.05. The van der Waals surface area contributed by atoms with Gasteiger partial charge in [0, 0.05) is 26.8 Å². The Morgan fingerprint density at radius 1 is 1.35 bits per heavy atom. The first kappa shape index (κ1) is 14.6. The summed E-state index contributed by atoms with van der Waals surface area (Å²) >= 11 is 8.32. The van der Waals surface area contributed by atoms with Crippen molar-refractivity contribution in [2.75, 3.05) is 18.1 Å². The fourth-order valence-electron chi connectivity index (χ4n) is 1.15. The quantitative estimate of drug-likeness (QED) is 0.630. The molecule has 1 N–H and O–H groups in total. The lowest BCUT2D eigenvalue weighted by Crippen LogP contribution is -2.25. The number of thioether (sulfide) groups is 1. The molecule has 0 heterocycles. The minimum atomic E-state index is -0.0756. The van der Waals surface area contributed by atoms with Crippen LogP contribution in [-0.2, 0) is 0 Å². The fraction of sp³-hybridized carbons (Fsp3) is 0.250. The highest BCUT2D eigenvalue weighted by atomic mass is 79.9. The second-order valence-electron chi connectivity index (χ2n) is 3.17. The van der Waals surface area contributed by atoms with Crippen LogP contribution in [0.25, 0.3) is 0 Å². The number of carbonyl (C=O) groups is 1. The molecular formula is C12H11Br2NOS. The molecule has 0 spiro atoms. The molecule has 0 radical (unpaired) electrons. The van der Waals surface area contributed by atoms with Crippen LogP contribution < -0.4 is 5.32 Å². The van der Waals surface area contributed by atoms with Crippen LogP contribution in [0.5, 0.6) is 0 Å². The maximum Gasteiger partial charge on any atom is 0.251 e. The first-order chi connectivity index (χ1) is 8.13.